The number of aromatic nitrogens is 3. The molecular formula is C15H22N4. The van der Waals surface area contributed by atoms with E-state index in [-0.39, 0.29) is 0 Å². The van der Waals surface area contributed by atoms with Gasteiger partial charge < -0.3 is 9.47 Å². The van der Waals surface area contributed by atoms with E-state index in [2.05, 4.69) is 41.4 Å². The van der Waals surface area contributed by atoms with E-state index < -0.39 is 0 Å². The van der Waals surface area contributed by atoms with E-state index in [1.165, 1.54) is 25.2 Å². The van der Waals surface area contributed by atoms with Crippen molar-refractivity contribution in [2.24, 2.45) is 0 Å². The fourth-order valence-corrected chi connectivity index (χ4v) is 3.11. The number of pyridine rings is 1. The Hall–Kier alpha value is -1.42. The fourth-order valence-electron chi connectivity index (χ4n) is 3.11. The summed E-state index contributed by atoms with van der Waals surface area (Å²) in [6.45, 7) is 5.63. The Balaban J connectivity index is 2.00. The SMILES string of the molecule is CC(C)n1c(CC2CCCN2C)nc2cccnc21. The molecule has 4 nitrogen and oxygen atoms in total. The monoisotopic (exact) mass is 258 g/mol. The molecule has 0 spiro atoms. The van der Waals surface area contributed by atoms with Crippen LogP contribution in [0.2, 0.25) is 0 Å². The molecule has 0 N–H and O–H groups in total. The van der Waals surface area contributed by atoms with Crippen molar-refractivity contribution in [3.05, 3.63) is 24.2 Å². The molecule has 1 atom stereocenters. The third kappa shape index (κ3) is 2.25. The van der Waals surface area contributed by atoms with E-state index in [1.807, 2.05) is 12.3 Å². The molecule has 0 bridgehead atoms. The van der Waals surface area contributed by atoms with Crippen molar-refractivity contribution in [2.75, 3.05) is 13.6 Å². The normalized spacial score (nSPS) is 20.7. The van der Waals surface area contributed by atoms with Crippen LogP contribution in [0.3, 0.4) is 0 Å². The molecule has 0 aliphatic carbocycles. The van der Waals surface area contributed by atoms with E-state index in [1.54, 1.807) is 0 Å². The van der Waals surface area contributed by atoms with Gasteiger partial charge in [-0.05, 0) is 52.4 Å². The van der Waals surface area contributed by atoms with Crippen molar-refractivity contribution >= 4 is 11.2 Å². The maximum atomic E-state index is 4.81. The molecule has 0 aromatic carbocycles. The zero-order valence-electron chi connectivity index (χ0n) is 12.0. The second-order valence-corrected chi connectivity index (χ2v) is 5.82. The van der Waals surface area contributed by atoms with Gasteiger partial charge in [0.1, 0.15) is 11.3 Å². The molecule has 1 saturated heterocycles. The standard InChI is InChI=1S/C15H22N4/c1-11(2)19-14(10-12-6-5-9-18(12)3)17-13-7-4-8-16-15(13)19/h4,7-8,11-12H,5-6,9-10H2,1-3H3. The van der Waals surface area contributed by atoms with Gasteiger partial charge in [-0.3, -0.25) is 0 Å². The van der Waals surface area contributed by atoms with Crippen molar-refractivity contribution in [1.29, 1.82) is 0 Å². The number of likely N-dealkylation sites (N-methyl/N-ethyl adjacent to an activating group) is 1. The largest absolute Gasteiger partial charge is 0.310 e. The number of hydrogen-bond acceptors (Lipinski definition) is 3. The molecule has 1 unspecified atom stereocenters. The average Bonchev–Trinajstić information content (AvgIpc) is 2.93. The topological polar surface area (TPSA) is 34.0 Å². The van der Waals surface area contributed by atoms with Gasteiger partial charge >= 0.3 is 0 Å². The minimum atomic E-state index is 0.404. The predicted octanol–water partition coefficient (Wildman–Crippen LogP) is 2.65. The Labute approximate surface area is 114 Å². The molecule has 19 heavy (non-hydrogen) atoms. The van der Waals surface area contributed by atoms with Gasteiger partial charge in [0.25, 0.3) is 0 Å². The number of nitrogens with zero attached hydrogens (tertiary/aromatic N) is 4. The smallest absolute Gasteiger partial charge is 0.160 e. The molecule has 0 saturated carbocycles. The van der Waals surface area contributed by atoms with Crippen LogP contribution in [0.1, 0.15) is 38.6 Å². The number of imidazole rings is 1. The van der Waals surface area contributed by atoms with Crippen LogP contribution >= 0.6 is 0 Å². The minimum absolute atomic E-state index is 0.404. The second-order valence-electron chi connectivity index (χ2n) is 5.82. The highest BCUT2D eigenvalue weighted by molar-refractivity contribution is 5.71. The van der Waals surface area contributed by atoms with E-state index in [4.69, 9.17) is 4.98 Å². The molecule has 2 aromatic heterocycles. The first kappa shape index (κ1) is 12.6. The molecular weight excluding hydrogens is 236 g/mol. The highest BCUT2D eigenvalue weighted by Gasteiger charge is 2.24. The Morgan fingerprint density at radius 1 is 1.42 bits per heavy atom. The van der Waals surface area contributed by atoms with Crippen LogP contribution in [0.4, 0.5) is 0 Å². The fraction of sp³-hybridized carbons (Fsp3) is 0.600. The van der Waals surface area contributed by atoms with Gasteiger partial charge in [0.05, 0.1) is 0 Å². The summed E-state index contributed by atoms with van der Waals surface area (Å²) in [4.78, 5) is 11.8. The summed E-state index contributed by atoms with van der Waals surface area (Å²) in [6, 6.07) is 5.06. The van der Waals surface area contributed by atoms with Gasteiger partial charge in [0.15, 0.2) is 5.65 Å². The highest BCUT2D eigenvalue weighted by Crippen LogP contribution is 2.24. The van der Waals surface area contributed by atoms with Gasteiger partial charge in [-0.1, -0.05) is 0 Å². The Kier molecular flexibility index (Phi) is 3.27. The lowest BCUT2D eigenvalue weighted by molar-refractivity contribution is 0.302. The molecule has 1 fully saturated rings. The molecule has 0 radical (unpaired) electrons. The second kappa shape index (κ2) is 4.93. The average molecular weight is 258 g/mol. The van der Waals surface area contributed by atoms with Crippen LogP contribution in [0.25, 0.3) is 11.2 Å². The van der Waals surface area contributed by atoms with Gasteiger partial charge in [-0.25, -0.2) is 9.97 Å². The van der Waals surface area contributed by atoms with Crippen molar-refractivity contribution in [1.82, 2.24) is 19.4 Å². The van der Waals surface area contributed by atoms with Crippen molar-refractivity contribution < 1.29 is 0 Å². The molecule has 3 rings (SSSR count). The summed E-state index contributed by atoms with van der Waals surface area (Å²) in [5.74, 6) is 1.18. The first-order valence-corrected chi connectivity index (χ1v) is 7.19. The van der Waals surface area contributed by atoms with Crippen LogP contribution in [0.5, 0.6) is 0 Å². The number of rotatable bonds is 3. The zero-order chi connectivity index (χ0) is 13.4. The third-order valence-corrected chi connectivity index (χ3v) is 4.13. The summed E-state index contributed by atoms with van der Waals surface area (Å²) in [7, 11) is 2.22. The van der Waals surface area contributed by atoms with Crippen molar-refractivity contribution in [3.63, 3.8) is 0 Å². The van der Waals surface area contributed by atoms with Gasteiger partial charge in [-0.2, -0.15) is 0 Å². The maximum Gasteiger partial charge on any atom is 0.160 e. The molecule has 2 aromatic rings. The van der Waals surface area contributed by atoms with E-state index in [0.29, 0.717) is 12.1 Å². The van der Waals surface area contributed by atoms with Crippen molar-refractivity contribution in [3.8, 4) is 0 Å². The van der Waals surface area contributed by atoms with Crippen LogP contribution in [-0.4, -0.2) is 39.1 Å². The van der Waals surface area contributed by atoms with E-state index in [9.17, 15) is 0 Å². The van der Waals surface area contributed by atoms with Crippen LogP contribution in [0.15, 0.2) is 18.3 Å². The lowest BCUT2D eigenvalue weighted by Crippen LogP contribution is -2.28. The van der Waals surface area contributed by atoms with E-state index in [0.717, 1.165) is 17.6 Å². The molecule has 4 heteroatoms. The number of likely N-dealkylation sites (tertiary alicyclic amines) is 1. The summed E-state index contributed by atoms with van der Waals surface area (Å²) in [6.07, 6.45) is 5.48. The number of hydrogen-bond donors (Lipinski definition) is 0. The lowest BCUT2D eigenvalue weighted by atomic mass is 10.1. The van der Waals surface area contributed by atoms with Gasteiger partial charge in [0.2, 0.25) is 0 Å². The van der Waals surface area contributed by atoms with Crippen molar-refractivity contribution in [2.45, 2.75) is 45.2 Å². The van der Waals surface area contributed by atoms with Crippen LogP contribution < -0.4 is 0 Å². The highest BCUT2D eigenvalue weighted by atomic mass is 15.2. The molecule has 102 valence electrons. The maximum absolute atomic E-state index is 4.81. The molecule has 1 aliphatic heterocycles. The van der Waals surface area contributed by atoms with Crippen LogP contribution in [0, 0.1) is 0 Å². The Morgan fingerprint density at radius 2 is 2.26 bits per heavy atom. The summed E-state index contributed by atoms with van der Waals surface area (Å²) in [5, 5.41) is 0. The Morgan fingerprint density at radius 3 is 2.95 bits per heavy atom. The van der Waals surface area contributed by atoms with Gasteiger partial charge in [-0.15, -0.1) is 0 Å². The third-order valence-electron chi connectivity index (χ3n) is 4.13. The first-order valence-electron chi connectivity index (χ1n) is 7.19. The number of fused-ring (bicyclic) bond motifs is 1. The summed E-state index contributed by atoms with van der Waals surface area (Å²) >= 11 is 0. The van der Waals surface area contributed by atoms with Gasteiger partial charge in [0, 0.05) is 24.7 Å². The first-order chi connectivity index (χ1) is 9.16. The predicted molar refractivity (Wildman–Crippen MR) is 77.3 cm³/mol. The van der Waals surface area contributed by atoms with Crippen LogP contribution in [-0.2, 0) is 6.42 Å². The molecule has 3 heterocycles. The summed E-state index contributed by atoms with van der Waals surface area (Å²) in [5.41, 5.74) is 2.04. The quantitative estimate of drug-likeness (QED) is 0.848. The lowest BCUT2D eigenvalue weighted by Gasteiger charge is -2.20. The molecule has 1 aliphatic rings. The minimum Gasteiger partial charge on any atom is -0.310 e. The van der Waals surface area contributed by atoms with E-state index >= 15 is 0 Å². The molecule has 0 amide bonds. The summed E-state index contributed by atoms with van der Waals surface area (Å²) < 4.78 is 2.29. The Bertz CT molecular complexity index is 573. The zero-order valence-corrected chi connectivity index (χ0v) is 12.0.